The molecule has 0 saturated carbocycles. The van der Waals surface area contributed by atoms with E-state index in [4.69, 9.17) is 0 Å². The van der Waals surface area contributed by atoms with Gasteiger partial charge in [0.1, 0.15) is 6.54 Å². The van der Waals surface area contributed by atoms with Gasteiger partial charge in [-0.05, 0) is 18.4 Å². The van der Waals surface area contributed by atoms with Gasteiger partial charge in [0.2, 0.25) is 5.91 Å². The first kappa shape index (κ1) is 17.2. The predicted octanol–water partition coefficient (Wildman–Crippen LogP) is 0.544. The molecule has 132 valence electrons. The van der Waals surface area contributed by atoms with Crippen LogP contribution in [0.1, 0.15) is 11.8 Å². The van der Waals surface area contributed by atoms with Gasteiger partial charge >= 0.3 is 5.69 Å². The lowest BCUT2D eigenvalue weighted by Gasteiger charge is -2.20. The summed E-state index contributed by atoms with van der Waals surface area (Å²) in [6.07, 6.45) is 1.48. The van der Waals surface area contributed by atoms with Crippen LogP contribution in [0.25, 0.3) is 11.2 Å². The maximum absolute atomic E-state index is 12.7. The highest BCUT2D eigenvalue weighted by Gasteiger charge is 2.19. The SMILES string of the molecule is CCN(Cc1cccs1)C(=O)Cn1c(=O)c2c(ncn2C)n(C)c1=O. The molecule has 3 aromatic heterocycles. The largest absolute Gasteiger partial charge is 0.336 e. The van der Waals surface area contributed by atoms with E-state index >= 15 is 0 Å². The number of aromatic nitrogens is 4. The second-order valence-electron chi connectivity index (χ2n) is 5.75. The van der Waals surface area contributed by atoms with Crippen molar-refractivity contribution in [3.05, 3.63) is 49.6 Å². The first-order valence-corrected chi connectivity index (χ1v) is 8.73. The van der Waals surface area contributed by atoms with Crippen LogP contribution in [0.3, 0.4) is 0 Å². The molecule has 0 radical (unpaired) electrons. The Labute approximate surface area is 147 Å². The Bertz CT molecular complexity index is 1030. The minimum Gasteiger partial charge on any atom is -0.336 e. The molecule has 3 rings (SSSR count). The third-order valence-electron chi connectivity index (χ3n) is 4.16. The van der Waals surface area contributed by atoms with E-state index in [1.165, 1.54) is 10.9 Å². The van der Waals surface area contributed by atoms with Crippen molar-refractivity contribution in [2.45, 2.75) is 20.0 Å². The maximum Gasteiger partial charge on any atom is 0.332 e. The quantitative estimate of drug-likeness (QED) is 0.664. The van der Waals surface area contributed by atoms with Crippen molar-refractivity contribution in [2.75, 3.05) is 6.54 Å². The number of thiophene rings is 1. The number of nitrogens with zero attached hydrogens (tertiary/aromatic N) is 5. The van der Waals surface area contributed by atoms with E-state index in [-0.39, 0.29) is 12.5 Å². The molecule has 9 heteroatoms. The van der Waals surface area contributed by atoms with E-state index in [1.807, 2.05) is 24.4 Å². The van der Waals surface area contributed by atoms with Crippen molar-refractivity contribution >= 4 is 28.4 Å². The fourth-order valence-electron chi connectivity index (χ4n) is 2.74. The Balaban J connectivity index is 1.97. The molecule has 0 fully saturated rings. The van der Waals surface area contributed by atoms with Crippen molar-refractivity contribution in [2.24, 2.45) is 14.1 Å². The van der Waals surface area contributed by atoms with E-state index in [1.54, 1.807) is 34.9 Å². The zero-order valence-corrected chi connectivity index (χ0v) is 15.1. The number of carbonyl (C=O) groups is 1. The molecule has 8 nitrogen and oxygen atoms in total. The van der Waals surface area contributed by atoms with Crippen molar-refractivity contribution in [3.8, 4) is 0 Å². The van der Waals surface area contributed by atoms with E-state index < -0.39 is 11.2 Å². The second kappa shape index (κ2) is 6.67. The number of hydrogen-bond donors (Lipinski definition) is 0. The van der Waals surface area contributed by atoms with E-state index in [9.17, 15) is 14.4 Å². The molecule has 0 aliphatic carbocycles. The molecule has 25 heavy (non-hydrogen) atoms. The summed E-state index contributed by atoms with van der Waals surface area (Å²) in [6, 6.07) is 3.88. The lowest BCUT2D eigenvalue weighted by atomic mass is 10.3. The van der Waals surface area contributed by atoms with E-state index in [0.29, 0.717) is 24.3 Å². The van der Waals surface area contributed by atoms with Crippen molar-refractivity contribution in [3.63, 3.8) is 0 Å². The summed E-state index contributed by atoms with van der Waals surface area (Å²) in [7, 11) is 3.23. The molecule has 3 aromatic rings. The summed E-state index contributed by atoms with van der Waals surface area (Å²) in [6.45, 7) is 2.55. The molecule has 0 aliphatic heterocycles. The van der Waals surface area contributed by atoms with Crippen LogP contribution >= 0.6 is 11.3 Å². The number of imidazole rings is 1. The van der Waals surface area contributed by atoms with Crippen molar-refractivity contribution in [1.82, 2.24) is 23.6 Å². The molecule has 0 unspecified atom stereocenters. The zero-order chi connectivity index (χ0) is 18.1. The number of likely N-dealkylation sites (N-methyl/N-ethyl adjacent to an activating group) is 1. The van der Waals surface area contributed by atoms with Crippen LogP contribution in [0.5, 0.6) is 0 Å². The van der Waals surface area contributed by atoms with Gasteiger partial charge in [-0.25, -0.2) is 14.3 Å². The number of amides is 1. The summed E-state index contributed by atoms with van der Waals surface area (Å²) >= 11 is 1.56. The maximum atomic E-state index is 12.7. The number of hydrogen-bond acceptors (Lipinski definition) is 5. The topological polar surface area (TPSA) is 82.1 Å². The first-order chi connectivity index (χ1) is 11.9. The first-order valence-electron chi connectivity index (χ1n) is 7.85. The molecule has 0 saturated heterocycles. The van der Waals surface area contributed by atoms with E-state index in [2.05, 4.69) is 4.98 Å². The van der Waals surface area contributed by atoms with Gasteiger partial charge in [0, 0.05) is 25.5 Å². The van der Waals surface area contributed by atoms with Crippen LogP contribution in [0, 0.1) is 0 Å². The Kier molecular flexibility index (Phi) is 4.58. The Morgan fingerprint density at radius 1 is 1.32 bits per heavy atom. The molecule has 0 N–H and O–H groups in total. The Hall–Kier alpha value is -2.68. The van der Waals surface area contributed by atoms with Gasteiger partial charge in [0.25, 0.3) is 5.56 Å². The van der Waals surface area contributed by atoms with Crippen LogP contribution in [-0.2, 0) is 32.0 Å². The highest BCUT2D eigenvalue weighted by atomic mass is 32.1. The number of carbonyl (C=O) groups excluding carboxylic acids is 1. The molecule has 0 aromatic carbocycles. The molecular formula is C16H19N5O3S. The fourth-order valence-corrected chi connectivity index (χ4v) is 3.46. The molecule has 0 aliphatic rings. The number of fused-ring (bicyclic) bond motifs is 1. The van der Waals surface area contributed by atoms with Gasteiger partial charge < -0.3 is 9.47 Å². The minimum absolute atomic E-state index is 0.267. The van der Waals surface area contributed by atoms with Gasteiger partial charge in [-0.3, -0.25) is 14.2 Å². The number of aryl methyl sites for hydroxylation is 2. The van der Waals surface area contributed by atoms with Crippen LogP contribution in [0.15, 0.2) is 33.4 Å². The smallest absolute Gasteiger partial charge is 0.332 e. The molecule has 0 atom stereocenters. The average Bonchev–Trinajstić information content (AvgIpc) is 3.24. The summed E-state index contributed by atoms with van der Waals surface area (Å²) < 4.78 is 3.82. The number of rotatable bonds is 5. The van der Waals surface area contributed by atoms with Gasteiger partial charge in [-0.15, -0.1) is 11.3 Å². The normalized spacial score (nSPS) is 11.2. The lowest BCUT2D eigenvalue weighted by molar-refractivity contribution is -0.132. The predicted molar refractivity (Wildman–Crippen MR) is 95.6 cm³/mol. The molecule has 3 heterocycles. The molecule has 0 bridgehead atoms. The minimum atomic E-state index is -0.545. The summed E-state index contributed by atoms with van der Waals surface area (Å²) in [5.74, 6) is -0.267. The Morgan fingerprint density at radius 3 is 2.72 bits per heavy atom. The summed E-state index contributed by atoms with van der Waals surface area (Å²) in [5, 5.41) is 1.95. The Morgan fingerprint density at radius 2 is 2.08 bits per heavy atom. The van der Waals surface area contributed by atoms with Crippen molar-refractivity contribution in [1.29, 1.82) is 0 Å². The third kappa shape index (κ3) is 3.02. The van der Waals surface area contributed by atoms with Crippen molar-refractivity contribution < 1.29 is 4.79 Å². The monoisotopic (exact) mass is 361 g/mol. The van der Waals surface area contributed by atoms with Crippen LogP contribution < -0.4 is 11.2 Å². The van der Waals surface area contributed by atoms with Gasteiger partial charge in [0.05, 0.1) is 12.9 Å². The molecule has 1 amide bonds. The van der Waals surface area contributed by atoms with Crippen LogP contribution in [0.2, 0.25) is 0 Å². The zero-order valence-electron chi connectivity index (χ0n) is 14.3. The van der Waals surface area contributed by atoms with Crippen LogP contribution in [0.4, 0.5) is 0 Å². The summed E-state index contributed by atoms with van der Waals surface area (Å²) in [4.78, 5) is 44.6. The van der Waals surface area contributed by atoms with Gasteiger partial charge in [-0.1, -0.05) is 6.07 Å². The fraction of sp³-hybridized carbons (Fsp3) is 0.375. The average molecular weight is 361 g/mol. The second-order valence-corrected chi connectivity index (χ2v) is 6.78. The van der Waals surface area contributed by atoms with Gasteiger partial charge in [0.15, 0.2) is 11.2 Å². The van der Waals surface area contributed by atoms with E-state index in [0.717, 1.165) is 9.44 Å². The highest BCUT2D eigenvalue weighted by molar-refractivity contribution is 7.09. The standard InChI is InChI=1S/C16H19N5O3S/c1-4-20(8-11-6-5-7-25-11)12(22)9-21-15(23)13-14(17-10-18(13)2)19(3)16(21)24/h5-7,10H,4,8-9H2,1-3H3. The highest BCUT2D eigenvalue weighted by Crippen LogP contribution is 2.12. The third-order valence-corrected chi connectivity index (χ3v) is 5.02. The van der Waals surface area contributed by atoms with Gasteiger partial charge in [-0.2, -0.15) is 0 Å². The molecular weight excluding hydrogens is 342 g/mol. The lowest BCUT2D eigenvalue weighted by Crippen LogP contribution is -2.44. The van der Waals surface area contributed by atoms with Crippen LogP contribution in [-0.4, -0.2) is 36.0 Å². The molecule has 0 spiro atoms. The summed E-state index contributed by atoms with van der Waals surface area (Å²) in [5.41, 5.74) is -0.432.